The lowest BCUT2D eigenvalue weighted by Crippen LogP contribution is -1.80. The third kappa shape index (κ3) is 2.81. The van der Waals surface area contributed by atoms with E-state index in [4.69, 9.17) is 46.4 Å². The van der Waals surface area contributed by atoms with E-state index in [9.17, 15) is 0 Å². The van der Waals surface area contributed by atoms with Gasteiger partial charge in [0.2, 0.25) is 0 Å². The van der Waals surface area contributed by atoms with Crippen molar-refractivity contribution in [2.75, 3.05) is 0 Å². The Morgan fingerprint density at radius 2 is 0.917 bits per heavy atom. The molecular weight excluding hydrogens is 426 g/mol. The number of nitrogens with zero attached hydrogens (tertiary/aromatic N) is 2. The summed E-state index contributed by atoms with van der Waals surface area (Å²) in [4.78, 5) is 10.9. The highest BCUT2D eigenvalue weighted by atomic mass is 35.5. The molecule has 0 bridgehead atoms. The van der Waals surface area contributed by atoms with E-state index in [-0.39, 0.29) is 0 Å². The second kappa shape index (κ2) is 6.45. The molecule has 2 aromatic heterocycles. The highest BCUT2D eigenvalue weighted by Crippen LogP contribution is 2.43. The van der Waals surface area contributed by atoms with Gasteiger partial charge in [-0.3, -0.25) is 0 Å². The molecular formula is C16H6Cl4N2S2. The van der Waals surface area contributed by atoms with E-state index in [1.807, 2.05) is 0 Å². The van der Waals surface area contributed by atoms with Crippen LogP contribution in [-0.2, 0) is 0 Å². The zero-order valence-corrected chi connectivity index (χ0v) is 16.3. The van der Waals surface area contributed by atoms with Gasteiger partial charge in [-0.25, -0.2) is 9.97 Å². The normalized spacial score (nSPS) is 11.3. The molecule has 24 heavy (non-hydrogen) atoms. The lowest BCUT2D eigenvalue weighted by atomic mass is 10.2. The Morgan fingerprint density at radius 3 is 1.25 bits per heavy atom. The van der Waals surface area contributed by atoms with Gasteiger partial charge in [0.1, 0.15) is 10.0 Å². The summed E-state index contributed by atoms with van der Waals surface area (Å²) in [5.41, 5.74) is 1.46. The van der Waals surface area contributed by atoms with Gasteiger partial charge in [-0.15, -0.1) is 0 Å². The standard InChI is InChI=1S/C16H6Cl4N2S2/c17-7-3-1-4-8(18)11(7)13-21-15-16(23-13)22-14(24-15)12-9(19)5-2-6-10(12)20/h1-6H. The van der Waals surface area contributed by atoms with Crippen LogP contribution in [0.3, 0.4) is 0 Å². The summed E-state index contributed by atoms with van der Waals surface area (Å²) in [6.07, 6.45) is 0. The van der Waals surface area contributed by atoms with Crippen molar-refractivity contribution in [3.63, 3.8) is 0 Å². The van der Waals surface area contributed by atoms with Crippen LogP contribution in [0.1, 0.15) is 0 Å². The third-order valence-corrected chi connectivity index (χ3v) is 6.65. The molecule has 0 unspecified atom stereocenters. The first kappa shape index (κ1) is 16.6. The molecule has 120 valence electrons. The summed E-state index contributed by atoms with van der Waals surface area (Å²) >= 11 is 27.9. The Kier molecular flexibility index (Phi) is 4.45. The molecule has 0 aliphatic carbocycles. The Hall–Kier alpha value is -0.880. The van der Waals surface area contributed by atoms with Crippen LogP contribution in [-0.4, -0.2) is 9.97 Å². The predicted molar refractivity (Wildman–Crippen MR) is 106 cm³/mol. The average molecular weight is 432 g/mol. The number of hydrogen-bond donors (Lipinski definition) is 0. The van der Waals surface area contributed by atoms with Crippen LogP contribution in [0.5, 0.6) is 0 Å². The van der Waals surface area contributed by atoms with Crippen LogP contribution in [0.15, 0.2) is 36.4 Å². The van der Waals surface area contributed by atoms with Gasteiger partial charge in [0.25, 0.3) is 0 Å². The number of hydrogen-bond acceptors (Lipinski definition) is 4. The maximum absolute atomic E-state index is 6.26. The molecule has 0 radical (unpaired) electrons. The first-order chi connectivity index (χ1) is 11.5. The van der Waals surface area contributed by atoms with Crippen LogP contribution in [0.4, 0.5) is 0 Å². The van der Waals surface area contributed by atoms with Gasteiger partial charge in [-0.2, -0.15) is 0 Å². The molecule has 4 aromatic rings. The van der Waals surface area contributed by atoms with Gasteiger partial charge in [-0.1, -0.05) is 81.2 Å². The van der Waals surface area contributed by atoms with Gasteiger partial charge in [-0.05, 0) is 24.3 Å². The Morgan fingerprint density at radius 1 is 0.583 bits per heavy atom. The second-order valence-corrected chi connectivity index (χ2v) is 8.43. The van der Waals surface area contributed by atoms with E-state index in [0.29, 0.717) is 20.1 Å². The quantitative estimate of drug-likeness (QED) is 0.324. The highest BCUT2D eigenvalue weighted by molar-refractivity contribution is 7.29. The number of benzene rings is 2. The maximum atomic E-state index is 6.26. The summed E-state index contributed by atoms with van der Waals surface area (Å²) in [6, 6.07) is 10.8. The fourth-order valence-corrected chi connectivity index (χ4v) is 5.83. The molecule has 8 heteroatoms. The summed E-state index contributed by atoms with van der Waals surface area (Å²) in [7, 11) is 0. The molecule has 2 nitrogen and oxygen atoms in total. The lowest BCUT2D eigenvalue weighted by Gasteiger charge is -2.03. The first-order valence-electron chi connectivity index (χ1n) is 6.70. The minimum absolute atomic E-state index is 0.568. The predicted octanol–water partition coefficient (Wildman–Crippen LogP) is 7.70. The molecule has 4 rings (SSSR count). The van der Waals surface area contributed by atoms with E-state index in [1.165, 1.54) is 22.7 Å². The van der Waals surface area contributed by atoms with Gasteiger partial charge in [0.15, 0.2) is 9.66 Å². The molecule has 0 saturated carbocycles. The van der Waals surface area contributed by atoms with E-state index in [0.717, 1.165) is 30.8 Å². The zero-order valence-electron chi connectivity index (χ0n) is 11.7. The number of rotatable bonds is 2. The zero-order chi connectivity index (χ0) is 16.8. The average Bonchev–Trinajstić information content (AvgIpc) is 3.05. The van der Waals surface area contributed by atoms with Crippen molar-refractivity contribution < 1.29 is 0 Å². The third-order valence-electron chi connectivity index (χ3n) is 3.33. The minimum Gasteiger partial charge on any atom is -0.223 e. The number of aromatic nitrogens is 2. The van der Waals surface area contributed by atoms with Crippen molar-refractivity contribution in [1.82, 2.24) is 9.97 Å². The van der Waals surface area contributed by atoms with Gasteiger partial charge in [0, 0.05) is 11.1 Å². The van der Waals surface area contributed by atoms with Crippen molar-refractivity contribution in [2.24, 2.45) is 0 Å². The summed E-state index contributed by atoms with van der Waals surface area (Å²) in [5, 5.41) is 3.76. The van der Waals surface area contributed by atoms with E-state index < -0.39 is 0 Å². The fourth-order valence-electron chi connectivity index (χ4n) is 2.26. The van der Waals surface area contributed by atoms with Crippen molar-refractivity contribution >= 4 is 78.7 Å². The molecule has 2 heterocycles. The number of thiazole rings is 2. The molecule has 2 aromatic carbocycles. The lowest BCUT2D eigenvalue weighted by molar-refractivity contribution is 1.48. The molecule has 0 N–H and O–H groups in total. The largest absolute Gasteiger partial charge is 0.223 e. The smallest absolute Gasteiger partial charge is 0.155 e. The van der Waals surface area contributed by atoms with Crippen molar-refractivity contribution in [2.45, 2.75) is 0 Å². The van der Waals surface area contributed by atoms with E-state index >= 15 is 0 Å². The summed E-state index contributed by atoms with van der Waals surface area (Å²) in [5.74, 6) is 0. The number of halogens is 4. The SMILES string of the molecule is Clc1cccc(Cl)c1-c1nc2sc(-c3c(Cl)cccc3Cl)nc2s1. The first-order valence-corrected chi connectivity index (χ1v) is 9.85. The van der Waals surface area contributed by atoms with E-state index in [2.05, 4.69) is 9.97 Å². The Balaban J connectivity index is 1.85. The van der Waals surface area contributed by atoms with Crippen molar-refractivity contribution in [3.05, 3.63) is 56.5 Å². The van der Waals surface area contributed by atoms with Crippen molar-refractivity contribution in [3.8, 4) is 21.1 Å². The van der Waals surface area contributed by atoms with E-state index in [1.54, 1.807) is 36.4 Å². The van der Waals surface area contributed by atoms with Gasteiger partial charge < -0.3 is 0 Å². The molecule has 0 spiro atoms. The highest BCUT2D eigenvalue weighted by Gasteiger charge is 2.19. The molecule has 0 fully saturated rings. The number of fused-ring (bicyclic) bond motifs is 1. The van der Waals surface area contributed by atoms with Crippen LogP contribution < -0.4 is 0 Å². The summed E-state index contributed by atoms with van der Waals surface area (Å²) < 4.78 is 0. The van der Waals surface area contributed by atoms with Gasteiger partial charge >= 0.3 is 0 Å². The fraction of sp³-hybridized carbons (Fsp3) is 0. The van der Waals surface area contributed by atoms with Crippen molar-refractivity contribution in [1.29, 1.82) is 0 Å². The maximum Gasteiger partial charge on any atom is 0.155 e. The molecule has 0 aliphatic rings. The van der Waals surface area contributed by atoms with Crippen LogP contribution >= 0.6 is 69.1 Å². The Bertz CT molecular complexity index is 918. The minimum atomic E-state index is 0.568. The van der Waals surface area contributed by atoms with Gasteiger partial charge in [0.05, 0.1) is 20.1 Å². The Labute approximate surface area is 165 Å². The van der Waals surface area contributed by atoms with Crippen LogP contribution in [0, 0.1) is 0 Å². The van der Waals surface area contributed by atoms with Crippen LogP contribution in [0.25, 0.3) is 30.8 Å². The molecule has 0 saturated heterocycles. The monoisotopic (exact) mass is 430 g/mol. The molecule has 0 aliphatic heterocycles. The molecule has 0 amide bonds. The topological polar surface area (TPSA) is 25.8 Å². The second-order valence-electron chi connectivity index (χ2n) is 4.84. The van der Waals surface area contributed by atoms with Crippen LogP contribution in [0.2, 0.25) is 20.1 Å². The summed E-state index contributed by atoms with van der Waals surface area (Å²) in [6.45, 7) is 0. The molecule has 0 atom stereocenters.